The van der Waals surface area contributed by atoms with Crippen LogP contribution in [0.3, 0.4) is 0 Å². The second-order valence-electron chi connectivity index (χ2n) is 6.59. The molecule has 0 aromatic heterocycles. The molecule has 0 N–H and O–H groups in total. The van der Waals surface area contributed by atoms with E-state index in [9.17, 15) is 13.6 Å². The van der Waals surface area contributed by atoms with Crippen LogP contribution in [0.4, 0.5) is 8.78 Å². The molecule has 28 heavy (non-hydrogen) atoms. The average molecular weight is 392 g/mol. The Kier molecular flexibility index (Phi) is 7.75. The van der Waals surface area contributed by atoms with Crippen LogP contribution in [0.1, 0.15) is 28.4 Å². The molecule has 0 saturated heterocycles. The van der Waals surface area contributed by atoms with Crippen molar-refractivity contribution in [3.05, 3.63) is 59.2 Å². The third kappa shape index (κ3) is 5.66. The molecule has 0 aliphatic heterocycles. The highest BCUT2D eigenvalue weighted by Gasteiger charge is 2.23. The van der Waals surface area contributed by atoms with Gasteiger partial charge in [-0.1, -0.05) is 30.3 Å². The lowest BCUT2D eigenvalue weighted by atomic mass is 10.1. The number of carbonyl (C=O) groups is 1. The van der Waals surface area contributed by atoms with Crippen molar-refractivity contribution in [3.8, 4) is 11.5 Å². The van der Waals surface area contributed by atoms with E-state index in [1.807, 2.05) is 45.3 Å². The molecule has 0 aliphatic carbocycles. The zero-order valence-electron chi connectivity index (χ0n) is 16.6. The predicted molar refractivity (Wildman–Crippen MR) is 104 cm³/mol. The van der Waals surface area contributed by atoms with Crippen LogP contribution in [0.2, 0.25) is 0 Å². The molecule has 0 radical (unpaired) electrons. The fourth-order valence-electron chi connectivity index (χ4n) is 2.89. The summed E-state index contributed by atoms with van der Waals surface area (Å²) in [5.74, 6) is -0.547. The number of nitrogens with zero attached hydrogens (tertiary/aromatic N) is 2. The maximum atomic E-state index is 13.0. The Morgan fingerprint density at radius 2 is 1.64 bits per heavy atom. The molecule has 0 bridgehead atoms. The van der Waals surface area contributed by atoms with Crippen LogP contribution >= 0.6 is 0 Å². The molecule has 0 heterocycles. The van der Waals surface area contributed by atoms with Crippen molar-refractivity contribution in [2.75, 3.05) is 27.7 Å². The number of hydrogen-bond acceptors (Lipinski definition) is 4. The largest absolute Gasteiger partial charge is 0.493 e. The summed E-state index contributed by atoms with van der Waals surface area (Å²) in [6.45, 7) is 0.398. The van der Waals surface area contributed by atoms with Gasteiger partial charge in [0.15, 0.2) is 11.5 Å². The zero-order valence-corrected chi connectivity index (χ0v) is 16.6. The van der Waals surface area contributed by atoms with Gasteiger partial charge in [0.2, 0.25) is 0 Å². The number of alkyl halides is 2. The van der Waals surface area contributed by atoms with Gasteiger partial charge < -0.3 is 19.3 Å². The molecule has 0 unspecified atom stereocenters. The predicted octanol–water partition coefficient (Wildman–Crippen LogP) is 4.02. The molecular weight excluding hydrogens is 366 g/mol. The van der Waals surface area contributed by atoms with Gasteiger partial charge in [-0.15, -0.1) is 0 Å². The molecule has 0 spiro atoms. The van der Waals surface area contributed by atoms with Crippen LogP contribution in [0, 0.1) is 0 Å². The van der Waals surface area contributed by atoms with Gasteiger partial charge in [-0.25, -0.2) is 0 Å². The highest BCUT2D eigenvalue weighted by molar-refractivity contribution is 5.97. The number of rotatable bonds is 9. The summed E-state index contributed by atoms with van der Waals surface area (Å²) >= 11 is 0. The van der Waals surface area contributed by atoms with E-state index in [4.69, 9.17) is 4.74 Å². The van der Waals surface area contributed by atoms with Gasteiger partial charge >= 0.3 is 6.61 Å². The van der Waals surface area contributed by atoms with Gasteiger partial charge in [0.05, 0.1) is 12.7 Å². The van der Waals surface area contributed by atoms with Crippen LogP contribution in [-0.2, 0) is 13.1 Å². The Hall–Kier alpha value is -2.67. The first-order valence-corrected chi connectivity index (χ1v) is 8.99. The lowest BCUT2D eigenvalue weighted by Gasteiger charge is -2.23. The second kappa shape index (κ2) is 10.0. The molecule has 0 aliphatic rings. The smallest absolute Gasteiger partial charge is 0.387 e. The molecule has 0 saturated carbocycles. The lowest BCUT2D eigenvalue weighted by Crippen LogP contribution is -2.31. The molecule has 0 atom stereocenters. The highest BCUT2D eigenvalue weighted by atomic mass is 19.3. The van der Waals surface area contributed by atoms with E-state index in [-0.39, 0.29) is 17.1 Å². The van der Waals surface area contributed by atoms with E-state index < -0.39 is 12.5 Å². The Morgan fingerprint density at radius 1 is 1.04 bits per heavy atom. The minimum absolute atomic E-state index is 0.0470. The fourth-order valence-corrected chi connectivity index (χ4v) is 2.89. The van der Waals surface area contributed by atoms with Crippen molar-refractivity contribution in [2.45, 2.75) is 26.6 Å². The first-order valence-electron chi connectivity index (χ1n) is 8.99. The summed E-state index contributed by atoms with van der Waals surface area (Å²) in [4.78, 5) is 16.7. The number of methoxy groups -OCH3 is 1. The van der Waals surface area contributed by atoms with Gasteiger partial charge in [0.25, 0.3) is 5.91 Å². The van der Waals surface area contributed by atoms with Crippen LogP contribution in [0.25, 0.3) is 0 Å². The van der Waals surface area contributed by atoms with Gasteiger partial charge in [-0.2, -0.15) is 8.78 Å². The molecular formula is C21H26F2N2O3. The van der Waals surface area contributed by atoms with Crippen molar-refractivity contribution in [1.29, 1.82) is 0 Å². The normalized spacial score (nSPS) is 11.0. The van der Waals surface area contributed by atoms with E-state index in [2.05, 4.69) is 9.64 Å². The molecule has 2 rings (SSSR count). The van der Waals surface area contributed by atoms with E-state index in [1.165, 1.54) is 24.8 Å². The molecule has 2 aromatic rings. The Balaban J connectivity index is 2.23. The maximum absolute atomic E-state index is 13.0. The fraction of sp³-hybridized carbons (Fsp3) is 0.381. The van der Waals surface area contributed by atoms with Gasteiger partial charge in [0, 0.05) is 19.6 Å². The third-order valence-corrected chi connectivity index (χ3v) is 4.20. The lowest BCUT2D eigenvalue weighted by molar-refractivity contribution is -0.0516. The summed E-state index contributed by atoms with van der Waals surface area (Å²) in [6.07, 6.45) is 0. The second-order valence-corrected chi connectivity index (χ2v) is 6.59. The van der Waals surface area contributed by atoms with Crippen molar-refractivity contribution in [3.63, 3.8) is 0 Å². The van der Waals surface area contributed by atoms with E-state index in [0.29, 0.717) is 13.1 Å². The van der Waals surface area contributed by atoms with Crippen LogP contribution in [0.15, 0.2) is 42.5 Å². The monoisotopic (exact) mass is 392 g/mol. The molecule has 0 fully saturated rings. The third-order valence-electron chi connectivity index (χ3n) is 4.20. The first-order chi connectivity index (χ1) is 13.3. The van der Waals surface area contributed by atoms with E-state index in [1.54, 1.807) is 11.0 Å². The quantitative estimate of drug-likeness (QED) is 0.646. The summed E-state index contributed by atoms with van der Waals surface area (Å²) < 4.78 is 35.3. The van der Waals surface area contributed by atoms with Crippen molar-refractivity contribution in [2.24, 2.45) is 0 Å². The number of ether oxygens (including phenoxy) is 2. The number of para-hydroxylation sites is 1. The summed E-state index contributed by atoms with van der Waals surface area (Å²) in [6, 6.07) is 12.5. The van der Waals surface area contributed by atoms with Crippen LogP contribution in [-0.4, -0.2) is 50.1 Å². The molecule has 7 heteroatoms. The van der Waals surface area contributed by atoms with Gasteiger partial charge in [-0.05, 0) is 44.3 Å². The topological polar surface area (TPSA) is 42.0 Å². The zero-order chi connectivity index (χ0) is 20.7. The molecule has 2 aromatic carbocycles. The van der Waals surface area contributed by atoms with Gasteiger partial charge in [-0.3, -0.25) is 4.79 Å². The summed E-state index contributed by atoms with van der Waals surface area (Å²) in [7, 11) is 5.34. The minimum atomic E-state index is -3.05. The molecule has 1 amide bonds. The number of carbonyl (C=O) groups excluding carboxylic acids is 1. The van der Waals surface area contributed by atoms with Crippen molar-refractivity contribution in [1.82, 2.24) is 9.80 Å². The number of benzene rings is 2. The Morgan fingerprint density at radius 3 is 2.14 bits per heavy atom. The number of halogens is 2. The van der Waals surface area contributed by atoms with Crippen molar-refractivity contribution < 1.29 is 23.0 Å². The average Bonchev–Trinajstić information content (AvgIpc) is 2.66. The Bertz CT molecular complexity index is 780. The minimum Gasteiger partial charge on any atom is -0.493 e. The first kappa shape index (κ1) is 21.6. The SMILES string of the molecule is CCN(Cc1ccc(CN(C)C)cc1)C(=O)c1cccc(OC)c1OC(F)F. The molecule has 5 nitrogen and oxygen atoms in total. The van der Waals surface area contributed by atoms with Gasteiger partial charge in [0.1, 0.15) is 0 Å². The number of amides is 1. The summed E-state index contributed by atoms with van der Waals surface area (Å²) in [5.41, 5.74) is 2.17. The standard InChI is InChI=1S/C21H26F2N2O3/c1-5-25(14-16-11-9-15(10-12-16)13-24(2)3)20(26)17-7-6-8-18(27-4)19(17)28-21(22)23/h6-12,21H,5,13-14H2,1-4H3. The van der Waals surface area contributed by atoms with E-state index in [0.717, 1.165) is 12.1 Å². The van der Waals surface area contributed by atoms with Crippen LogP contribution in [0.5, 0.6) is 11.5 Å². The van der Waals surface area contributed by atoms with E-state index >= 15 is 0 Å². The Labute approximate surface area is 164 Å². The van der Waals surface area contributed by atoms with Crippen LogP contribution < -0.4 is 9.47 Å². The molecule has 152 valence electrons. The number of hydrogen-bond donors (Lipinski definition) is 0. The highest BCUT2D eigenvalue weighted by Crippen LogP contribution is 2.33. The summed E-state index contributed by atoms with van der Waals surface area (Å²) in [5, 5.41) is 0. The van der Waals surface area contributed by atoms with Crippen molar-refractivity contribution >= 4 is 5.91 Å². The maximum Gasteiger partial charge on any atom is 0.387 e.